The van der Waals surface area contributed by atoms with Crippen molar-refractivity contribution in [1.82, 2.24) is 0 Å². The molecule has 0 saturated carbocycles. The van der Waals surface area contributed by atoms with Gasteiger partial charge in [0, 0.05) is 12.1 Å². The zero-order valence-corrected chi connectivity index (χ0v) is 8.75. The molecular formula is C8H8N2O5S. The third-order valence-corrected chi connectivity index (χ3v) is 1.93. The summed E-state index contributed by atoms with van der Waals surface area (Å²) < 4.78 is 24.9. The van der Waals surface area contributed by atoms with Gasteiger partial charge in [0.2, 0.25) is 0 Å². The lowest BCUT2D eigenvalue weighted by Gasteiger charge is -1.95. The summed E-state index contributed by atoms with van der Waals surface area (Å²) in [6.07, 6.45) is 2.20. The summed E-state index contributed by atoms with van der Waals surface area (Å²) in [6, 6.07) is 5.47. The smallest absolute Gasteiger partial charge is 0.379 e. The number of nitrogens with zero attached hydrogens (tertiary/aromatic N) is 1. The van der Waals surface area contributed by atoms with Crippen LogP contribution in [-0.4, -0.2) is 13.3 Å². The molecule has 0 unspecified atom stereocenters. The predicted octanol–water partition coefficient (Wildman–Crippen LogP) is 0.786. The van der Waals surface area contributed by atoms with Crippen molar-refractivity contribution in [3.05, 3.63) is 46.2 Å². The van der Waals surface area contributed by atoms with Crippen LogP contribution in [0.5, 0.6) is 0 Å². The van der Waals surface area contributed by atoms with Gasteiger partial charge in [0.25, 0.3) is 5.69 Å². The molecule has 7 nitrogen and oxygen atoms in total. The molecule has 0 aliphatic heterocycles. The van der Waals surface area contributed by atoms with Gasteiger partial charge in [-0.25, -0.2) is 0 Å². The van der Waals surface area contributed by atoms with Crippen molar-refractivity contribution in [2.75, 3.05) is 0 Å². The molecule has 0 bridgehead atoms. The quantitative estimate of drug-likeness (QED) is 0.477. The molecule has 0 aliphatic rings. The van der Waals surface area contributed by atoms with Crippen LogP contribution in [0.1, 0.15) is 5.56 Å². The van der Waals surface area contributed by atoms with E-state index in [1.807, 2.05) is 0 Å². The number of rotatable bonds is 4. The molecule has 0 saturated heterocycles. The lowest BCUT2D eigenvalue weighted by atomic mass is 10.2. The Hall–Kier alpha value is -1.93. The highest BCUT2D eigenvalue weighted by Gasteiger charge is 2.02. The summed E-state index contributed by atoms with van der Waals surface area (Å²) >= 11 is 0. The Morgan fingerprint density at radius 3 is 2.31 bits per heavy atom. The van der Waals surface area contributed by atoms with Crippen LogP contribution in [0, 0.1) is 10.1 Å². The zero-order chi connectivity index (χ0) is 12.2. The normalized spacial score (nSPS) is 11.6. The molecule has 86 valence electrons. The average Bonchev–Trinajstić information content (AvgIpc) is 2.16. The van der Waals surface area contributed by atoms with Gasteiger partial charge in [-0.3, -0.25) is 10.1 Å². The fourth-order valence-electron chi connectivity index (χ4n) is 0.891. The van der Waals surface area contributed by atoms with E-state index >= 15 is 0 Å². The van der Waals surface area contributed by atoms with Gasteiger partial charge < -0.3 is 4.18 Å². The number of hydrogen-bond donors (Lipinski definition) is 1. The van der Waals surface area contributed by atoms with Gasteiger partial charge in [-0.2, -0.15) is 13.6 Å². The summed E-state index contributed by atoms with van der Waals surface area (Å²) in [7, 11) is -4.01. The molecule has 8 heteroatoms. The molecule has 0 aromatic heterocycles. The minimum Gasteiger partial charge on any atom is -0.379 e. The Morgan fingerprint density at radius 2 is 1.88 bits per heavy atom. The predicted molar refractivity (Wildman–Crippen MR) is 56.3 cm³/mol. The van der Waals surface area contributed by atoms with Crippen molar-refractivity contribution >= 4 is 22.1 Å². The van der Waals surface area contributed by atoms with E-state index in [0.29, 0.717) is 5.56 Å². The first-order valence-electron chi connectivity index (χ1n) is 4.00. The van der Waals surface area contributed by atoms with Crippen molar-refractivity contribution in [2.24, 2.45) is 5.14 Å². The van der Waals surface area contributed by atoms with E-state index in [0.717, 1.165) is 6.26 Å². The first-order valence-corrected chi connectivity index (χ1v) is 5.47. The lowest BCUT2D eigenvalue weighted by molar-refractivity contribution is -0.384. The van der Waals surface area contributed by atoms with Crippen molar-refractivity contribution < 1.29 is 17.5 Å². The molecule has 0 spiro atoms. The second-order valence-electron chi connectivity index (χ2n) is 2.74. The summed E-state index contributed by atoms with van der Waals surface area (Å²) in [5.74, 6) is 0. The first-order chi connectivity index (χ1) is 7.38. The molecule has 0 aliphatic carbocycles. The van der Waals surface area contributed by atoms with Crippen LogP contribution in [0.4, 0.5) is 5.69 Å². The van der Waals surface area contributed by atoms with Gasteiger partial charge in [-0.05, 0) is 23.8 Å². The summed E-state index contributed by atoms with van der Waals surface area (Å²) in [6.45, 7) is 0. The Bertz CT molecular complexity index is 506. The Balaban J connectivity index is 2.73. The summed E-state index contributed by atoms with van der Waals surface area (Å²) in [4.78, 5) is 9.79. The van der Waals surface area contributed by atoms with E-state index in [1.165, 1.54) is 30.3 Å². The van der Waals surface area contributed by atoms with Crippen molar-refractivity contribution in [3.63, 3.8) is 0 Å². The molecule has 1 aromatic rings. The maximum absolute atomic E-state index is 10.4. The van der Waals surface area contributed by atoms with E-state index in [2.05, 4.69) is 9.32 Å². The van der Waals surface area contributed by atoms with Crippen LogP contribution >= 0.6 is 0 Å². The molecule has 16 heavy (non-hydrogen) atoms. The molecule has 0 atom stereocenters. The third kappa shape index (κ3) is 4.07. The van der Waals surface area contributed by atoms with Crippen molar-refractivity contribution in [3.8, 4) is 0 Å². The van der Waals surface area contributed by atoms with Gasteiger partial charge in [0.15, 0.2) is 0 Å². The molecule has 1 rings (SSSR count). The van der Waals surface area contributed by atoms with Gasteiger partial charge >= 0.3 is 10.3 Å². The second-order valence-corrected chi connectivity index (χ2v) is 3.92. The van der Waals surface area contributed by atoms with Crippen LogP contribution in [0.2, 0.25) is 0 Å². The highest BCUT2D eigenvalue weighted by molar-refractivity contribution is 7.84. The fourth-order valence-corrected chi connectivity index (χ4v) is 1.10. The number of non-ortho nitro benzene ring substituents is 1. The minimum absolute atomic E-state index is 0.0514. The molecule has 2 N–H and O–H groups in total. The van der Waals surface area contributed by atoms with Crippen molar-refractivity contribution in [1.29, 1.82) is 0 Å². The Morgan fingerprint density at radius 1 is 1.31 bits per heavy atom. The topological polar surface area (TPSA) is 113 Å². The molecular weight excluding hydrogens is 236 g/mol. The number of hydrogen-bond acceptors (Lipinski definition) is 5. The summed E-state index contributed by atoms with van der Waals surface area (Å²) in [5, 5.41) is 14.9. The molecule has 0 heterocycles. The monoisotopic (exact) mass is 244 g/mol. The highest BCUT2D eigenvalue weighted by atomic mass is 32.2. The van der Waals surface area contributed by atoms with E-state index < -0.39 is 15.2 Å². The van der Waals surface area contributed by atoms with Crippen LogP contribution in [0.3, 0.4) is 0 Å². The number of nitrogens with two attached hydrogens (primary N) is 1. The molecule has 0 fully saturated rings. The highest BCUT2D eigenvalue weighted by Crippen LogP contribution is 2.12. The Labute approximate surface area is 91.5 Å². The second kappa shape index (κ2) is 4.73. The number of nitro benzene ring substituents is 1. The SMILES string of the molecule is NS(=O)(=O)OC=Cc1ccc([N+](=O)[O-])cc1. The van der Waals surface area contributed by atoms with Crippen LogP contribution in [0.15, 0.2) is 30.5 Å². The third-order valence-electron chi connectivity index (χ3n) is 1.55. The minimum atomic E-state index is -4.01. The summed E-state index contributed by atoms with van der Waals surface area (Å²) in [5.41, 5.74) is 0.499. The Kier molecular flexibility index (Phi) is 3.59. The standard InChI is InChI=1S/C8H8N2O5S/c9-16(13,14)15-6-5-7-1-3-8(4-2-7)10(11)12/h1-6H,(H2,9,13,14). The molecule has 0 radical (unpaired) electrons. The molecule has 1 aromatic carbocycles. The first kappa shape index (κ1) is 12.1. The van der Waals surface area contributed by atoms with Crippen LogP contribution < -0.4 is 5.14 Å². The van der Waals surface area contributed by atoms with E-state index in [9.17, 15) is 18.5 Å². The van der Waals surface area contributed by atoms with E-state index in [1.54, 1.807) is 0 Å². The fraction of sp³-hybridized carbons (Fsp3) is 0. The molecule has 0 amide bonds. The average molecular weight is 244 g/mol. The van der Waals surface area contributed by atoms with E-state index in [4.69, 9.17) is 0 Å². The number of benzene rings is 1. The van der Waals surface area contributed by atoms with Gasteiger partial charge in [0.05, 0.1) is 4.92 Å². The van der Waals surface area contributed by atoms with E-state index in [-0.39, 0.29) is 5.69 Å². The van der Waals surface area contributed by atoms with Gasteiger partial charge in [-0.1, -0.05) is 0 Å². The van der Waals surface area contributed by atoms with Crippen LogP contribution in [-0.2, 0) is 14.5 Å². The largest absolute Gasteiger partial charge is 0.379 e. The maximum atomic E-state index is 10.4. The lowest BCUT2D eigenvalue weighted by Crippen LogP contribution is -2.12. The van der Waals surface area contributed by atoms with Gasteiger partial charge in [-0.15, -0.1) is 0 Å². The zero-order valence-electron chi connectivity index (χ0n) is 7.94. The van der Waals surface area contributed by atoms with Crippen LogP contribution in [0.25, 0.3) is 6.08 Å². The van der Waals surface area contributed by atoms with Gasteiger partial charge in [0.1, 0.15) is 6.26 Å². The number of nitro groups is 1. The maximum Gasteiger partial charge on any atom is 0.379 e. The van der Waals surface area contributed by atoms with Crippen molar-refractivity contribution in [2.45, 2.75) is 0 Å².